The molecule has 2 saturated heterocycles. The minimum absolute atomic E-state index is 0.0308. The van der Waals surface area contributed by atoms with E-state index in [1.165, 1.54) is 0 Å². The molecule has 8 heteroatoms. The summed E-state index contributed by atoms with van der Waals surface area (Å²) in [6.07, 6.45) is 5.09. The Labute approximate surface area is 152 Å². The highest BCUT2D eigenvalue weighted by Gasteiger charge is 2.49. The average Bonchev–Trinajstić information content (AvgIpc) is 3.29. The number of carbonyl (C=O) groups excluding carboxylic acids is 1. The summed E-state index contributed by atoms with van der Waals surface area (Å²) in [5, 5.41) is 17.7. The molecule has 8 nitrogen and oxygen atoms in total. The van der Waals surface area contributed by atoms with Crippen LogP contribution in [0.4, 0.5) is 0 Å². The molecular formula is C18H26N4O4. The predicted octanol–water partition coefficient (Wildman–Crippen LogP) is 1.31. The van der Waals surface area contributed by atoms with Crippen LogP contribution in [-0.4, -0.2) is 62.7 Å². The van der Waals surface area contributed by atoms with Gasteiger partial charge in [0, 0.05) is 32.0 Å². The lowest BCUT2D eigenvalue weighted by Crippen LogP contribution is -2.44. The summed E-state index contributed by atoms with van der Waals surface area (Å²) in [6, 6.07) is -0.530. The zero-order valence-electron chi connectivity index (χ0n) is 15.2. The molecule has 2 aliphatic heterocycles. The lowest BCUT2D eigenvalue weighted by molar-refractivity contribution is -0.142. The Balaban J connectivity index is 1.42. The Morgan fingerprint density at radius 1 is 1.23 bits per heavy atom. The van der Waals surface area contributed by atoms with E-state index in [0.29, 0.717) is 43.6 Å². The van der Waals surface area contributed by atoms with Gasteiger partial charge in [0.15, 0.2) is 0 Å². The summed E-state index contributed by atoms with van der Waals surface area (Å²) in [7, 11) is 0. The first kappa shape index (κ1) is 17.5. The van der Waals surface area contributed by atoms with Crippen molar-refractivity contribution < 1.29 is 19.1 Å². The second kappa shape index (κ2) is 6.64. The van der Waals surface area contributed by atoms with E-state index in [4.69, 9.17) is 4.42 Å². The van der Waals surface area contributed by atoms with E-state index >= 15 is 0 Å². The summed E-state index contributed by atoms with van der Waals surface area (Å²) in [6.45, 7) is 4.51. The Morgan fingerprint density at radius 2 is 1.92 bits per heavy atom. The van der Waals surface area contributed by atoms with Crippen molar-refractivity contribution in [3.63, 3.8) is 0 Å². The van der Waals surface area contributed by atoms with E-state index in [1.54, 1.807) is 0 Å². The minimum Gasteiger partial charge on any atom is -0.480 e. The SMILES string of the molecule is CCc1nnc(CN2CC3(CCN(C(=O)C4CC4)CC3)C[C@H]2C(=O)O)o1. The minimum atomic E-state index is -0.798. The monoisotopic (exact) mass is 362 g/mol. The molecule has 4 rings (SSSR count). The van der Waals surface area contributed by atoms with Gasteiger partial charge in [0.05, 0.1) is 6.54 Å². The molecule has 1 N–H and O–H groups in total. The molecule has 1 atom stereocenters. The molecule has 1 spiro atoms. The van der Waals surface area contributed by atoms with Crippen molar-refractivity contribution in [2.45, 2.75) is 58.0 Å². The van der Waals surface area contributed by atoms with Gasteiger partial charge in [-0.05, 0) is 37.5 Å². The molecule has 0 radical (unpaired) electrons. The van der Waals surface area contributed by atoms with Crippen molar-refractivity contribution in [3.05, 3.63) is 11.8 Å². The van der Waals surface area contributed by atoms with Crippen molar-refractivity contribution >= 4 is 11.9 Å². The third-order valence-corrected chi connectivity index (χ3v) is 6.10. The van der Waals surface area contributed by atoms with Gasteiger partial charge in [-0.3, -0.25) is 14.5 Å². The number of hydrogen-bond donors (Lipinski definition) is 1. The van der Waals surface area contributed by atoms with Gasteiger partial charge in [0.1, 0.15) is 6.04 Å². The highest BCUT2D eigenvalue weighted by Crippen LogP contribution is 2.44. The number of carbonyl (C=O) groups is 2. The maximum Gasteiger partial charge on any atom is 0.320 e. The Hall–Kier alpha value is -1.96. The maximum atomic E-state index is 12.3. The van der Waals surface area contributed by atoms with Gasteiger partial charge in [-0.2, -0.15) is 0 Å². The van der Waals surface area contributed by atoms with E-state index in [2.05, 4.69) is 10.2 Å². The summed E-state index contributed by atoms with van der Waals surface area (Å²) in [4.78, 5) is 28.0. The number of piperidine rings is 1. The first-order chi connectivity index (χ1) is 12.5. The van der Waals surface area contributed by atoms with Crippen LogP contribution in [0.15, 0.2) is 4.42 Å². The summed E-state index contributed by atoms with van der Waals surface area (Å²) < 4.78 is 5.57. The lowest BCUT2D eigenvalue weighted by atomic mass is 9.76. The highest BCUT2D eigenvalue weighted by atomic mass is 16.4. The smallest absolute Gasteiger partial charge is 0.320 e. The molecule has 0 unspecified atom stereocenters. The molecule has 1 aromatic rings. The van der Waals surface area contributed by atoms with Crippen LogP contribution < -0.4 is 0 Å². The lowest BCUT2D eigenvalue weighted by Gasteiger charge is -2.39. The number of carboxylic acid groups (broad SMARTS) is 1. The normalized spacial score (nSPS) is 25.7. The highest BCUT2D eigenvalue weighted by molar-refractivity contribution is 5.81. The number of hydrogen-bond acceptors (Lipinski definition) is 6. The van der Waals surface area contributed by atoms with Crippen LogP contribution >= 0.6 is 0 Å². The van der Waals surface area contributed by atoms with Gasteiger partial charge in [-0.15, -0.1) is 10.2 Å². The molecule has 1 amide bonds. The van der Waals surface area contributed by atoms with Gasteiger partial charge in [-0.25, -0.2) is 0 Å². The largest absolute Gasteiger partial charge is 0.480 e. The second-order valence-corrected chi connectivity index (χ2v) is 8.01. The van der Waals surface area contributed by atoms with Gasteiger partial charge < -0.3 is 14.4 Å². The van der Waals surface area contributed by atoms with E-state index in [9.17, 15) is 14.7 Å². The van der Waals surface area contributed by atoms with Gasteiger partial charge in [0.2, 0.25) is 17.7 Å². The molecule has 1 aliphatic carbocycles. The van der Waals surface area contributed by atoms with Crippen molar-refractivity contribution in [2.24, 2.45) is 11.3 Å². The van der Waals surface area contributed by atoms with Crippen LogP contribution in [0.2, 0.25) is 0 Å². The first-order valence-corrected chi connectivity index (χ1v) is 9.56. The van der Waals surface area contributed by atoms with Gasteiger partial charge >= 0.3 is 5.97 Å². The Bertz CT molecular complexity index is 691. The number of nitrogens with zero attached hydrogens (tertiary/aromatic N) is 4. The molecule has 0 aromatic carbocycles. The molecular weight excluding hydrogens is 336 g/mol. The third-order valence-electron chi connectivity index (χ3n) is 6.10. The zero-order valence-corrected chi connectivity index (χ0v) is 15.2. The van der Waals surface area contributed by atoms with Gasteiger partial charge in [0.25, 0.3) is 0 Å². The fourth-order valence-corrected chi connectivity index (χ4v) is 4.38. The molecule has 26 heavy (non-hydrogen) atoms. The van der Waals surface area contributed by atoms with Crippen molar-refractivity contribution in [1.82, 2.24) is 20.0 Å². The quantitative estimate of drug-likeness (QED) is 0.843. The predicted molar refractivity (Wildman–Crippen MR) is 91.1 cm³/mol. The second-order valence-electron chi connectivity index (χ2n) is 8.01. The molecule has 142 valence electrons. The number of aryl methyl sites for hydroxylation is 1. The van der Waals surface area contributed by atoms with Crippen LogP contribution in [0, 0.1) is 11.3 Å². The number of aromatic nitrogens is 2. The van der Waals surface area contributed by atoms with Crippen LogP contribution in [0.1, 0.15) is 50.8 Å². The summed E-state index contributed by atoms with van der Waals surface area (Å²) >= 11 is 0. The number of aliphatic carboxylic acids is 1. The molecule has 3 fully saturated rings. The topological polar surface area (TPSA) is 99.8 Å². The fourth-order valence-electron chi connectivity index (χ4n) is 4.38. The van der Waals surface area contributed by atoms with E-state index in [0.717, 1.165) is 38.8 Å². The van der Waals surface area contributed by atoms with E-state index in [1.807, 2.05) is 16.7 Å². The molecule has 0 bridgehead atoms. The summed E-state index contributed by atoms with van der Waals surface area (Å²) in [5.74, 6) is 0.802. The van der Waals surface area contributed by atoms with Crippen molar-refractivity contribution in [3.8, 4) is 0 Å². The first-order valence-electron chi connectivity index (χ1n) is 9.56. The van der Waals surface area contributed by atoms with Crippen LogP contribution in [0.5, 0.6) is 0 Å². The van der Waals surface area contributed by atoms with Crippen molar-refractivity contribution in [2.75, 3.05) is 19.6 Å². The number of rotatable bonds is 5. The average molecular weight is 362 g/mol. The molecule has 1 aromatic heterocycles. The molecule has 1 saturated carbocycles. The maximum absolute atomic E-state index is 12.3. The van der Waals surface area contributed by atoms with Crippen LogP contribution in [0.3, 0.4) is 0 Å². The van der Waals surface area contributed by atoms with Crippen LogP contribution in [-0.2, 0) is 22.6 Å². The van der Waals surface area contributed by atoms with E-state index in [-0.39, 0.29) is 11.3 Å². The number of likely N-dealkylation sites (tertiary alicyclic amines) is 2. The number of amides is 1. The van der Waals surface area contributed by atoms with E-state index < -0.39 is 12.0 Å². The third kappa shape index (κ3) is 3.34. The molecule has 3 heterocycles. The van der Waals surface area contributed by atoms with Crippen LogP contribution in [0.25, 0.3) is 0 Å². The standard InChI is InChI=1S/C18H26N4O4/c1-2-14-19-20-15(26-14)10-22-11-18(9-13(22)17(24)25)5-7-21(8-6-18)16(23)12-3-4-12/h12-13H,2-11H2,1H3,(H,24,25)/t13-/m0/s1. The number of carboxylic acids is 1. The van der Waals surface area contributed by atoms with Crippen molar-refractivity contribution in [1.29, 1.82) is 0 Å². The molecule has 3 aliphatic rings. The summed E-state index contributed by atoms with van der Waals surface area (Å²) in [5.41, 5.74) is -0.0308. The van der Waals surface area contributed by atoms with Gasteiger partial charge in [-0.1, -0.05) is 6.92 Å². The Morgan fingerprint density at radius 3 is 2.50 bits per heavy atom. The fraction of sp³-hybridized carbons (Fsp3) is 0.778. The zero-order chi connectivity index (χ0) is 18.3. The Kier molecular flexibility index (Phi) is 4.46.